The van der Waals surface area contributed by atoms with E-state index in [-0.39, 0.29) is 0 Å². The van der Waals surface area contributed by atoms with Gasteiger partial charge >= 0.3 is 0 Å². The molecule has 3 heterocycles. The van der Waals surface area contributed by atoms with Crippen LogP contribution in [0, 0.1) is 0 Å². The van der Waals surface area contributed by atoms with Crippen LogP contribution in [0.1, 0.15) is 42.2 Å². The van der Waals surface area contributed by atoms with Gasteiger partial charge in [0.05, 0.1) is 6.61 Å². The smallest absolute Gasteiger partial charge is 0.107 e. The van der Waals surface area contributed by atoms with Gasteiger partial charge in [0.2, 0.25) is 0 Å². The van der Waals surface area contributed by atoms with E-state index in [4.69, 9.17) is 4.74 Å². The monoisotopic (exact) mass is 235 g/mol. The standard InChI is InChI=1S/C13H17NOS/c1-2-10(14-6-1)11-12-9(3-7-16-12)13(4-5-13)8-15-11/h3,7,10-11,14H,1-2,4-6,8H2. The van der Waals surface area contributed by atoms with Gasteiger partial charge in [-0.2, -0.15) is 0 Å². The third kappa shape index (κ3) is 1.25. The summed E-state index contributed by atoms with van der Waals surface area (Å²) in [5.74, 6) is 0. The molecule has 1 aromatic rings. The van der Waals surface area contributed by atoms with Crippen molar-refractivity contribution in [2.45, 2.75) is 43.2 Å². The summed E-state index contributed by atoms with van der Waals surface area (Å²) < 4.78 is 6.17. The third-order valence-electron chi connectivity index (χ3n) is 4.38. The summed E-state index contributed by atoms with van der Waals surface area (Å²) in [7, 11) is 0. The lowest BCUT2D eigenvalue weighted by atomic mass is 9.91. The van der Waals surface area contributed by atoms with Crippen LogP contribution in [-0.4, -0.2) is 19.2 Å². The van der Waals surface area contributed by atoms with Gasteiger partial charge in [0.15, 0.2) is 0 Å². The molecule has 1 spiro atoms. The van der Waals surface area contributed by atoms with Crippen molar-refractivity contribution in [3.05, 3.63) is 21.9 Å². The molecule has 2 atom stereocenters. The Hall–Kier alpha value is -0.380. The Kier molecular flexibility index (Phi) is 1.99. The Bertz CT molecular complexity index is 404. The average Bonchev–Trinajstić information content (AvgIpc) is 2.75. The zero-order valence-electron chi connectivity index (χ0n) is 9.37. The minimum absolute atomic E-state index is 0.337. The summed E-state index contributed by atoms with van der Waals surface area (Å²) in [6, 6.07) is 2.91. The van der Waals surface area contributed by atoms with Crippen molar-refractivity contribution in [3.63, 3.8) is 0 Å². The molecule has 2 unspecified atom stereocenters. The minimum atomic E-state index is 0.337. The molecule has 2 fully saturated rings. The molecule has 0 aromatic carbocycles. The largest absolute Gasteiger partial charge is 0.370 e. The molecule has 1 aromatic heterocycles. The van der Waals surface area contributed by atoms with Crippen LogP contribution in [0.2, 0.25) is 0 Å². The first-order valence-corrected chi connectivity index (χ1v) is 7.20. The van der Waals surface area contributed by atoms with E-state index in [1.807, 2.05) is 11.3 Å². The zero-order valence-corrected chi connectivity index (χ0v) is 10.2. The molecule has 3 aliphatic rings. The number of hydrogen-bond donors (Lipinski definition) is 1. The minimum Gasteiger partial charge on any atom is -0.370 e. The van der Waals surface area contributed by atoms with Crippen LogP contribution in [0.3, 0.4) is 0 Å². The van der Waals surface area contributed by atoms with Crippen LogP contribution < -0.4 is 5.32 Å². The number of rotatable bonds is 1. The Morgan fingerprint density at radius 1 is 1.44 bits per heavy atom. The van der Waals surface area contributed by atoms with Gasteiger partial charge in [-0.05, 0) is 49.2 Å². The first kappa shape index (κ1) is 9.63. The van der Waals surface area contributed by atoms with Gasteiger partial charge in [0, 0.05) is 16.3 Å². The van der Waals surface area contributed by atoms with Gasteiger partial charge in [0.1, 0.15) is 6.10 Å². The van der Waals surface area contributed by atoms with Gasteiger partial charge in [-0.15, -0.1) is 11.3 Å². The van der Waals surface area contributed by atoms with Crippen LogP contribution in [-0.2, 0) is 10.2 Å². The van der Waals surface area contributed by atoms with Crippen molar-refractivity contribution >= 4 is 11.3 Å². The highest BCUT2D eigenvalue weighted by Crippen LogP contribution is 2.56. The van der Waals surface area contributed by atoms with Crippen molar-refractivity contribution in [2.75, 3.05) is 13.2 Å². The van der Waals surface area contributed by atoms with E-state index < -0.39 is 0 Å². The van der Waals surface area contributed by atoms with Crippen LogP contribution in [0.4, 0.5) is 0 Å². The van der Waals surface area contributed by atoms with Crippen LogP contribution >= 0.6 is 11.3 Å². The lowest BCUT2D eigenvalue weighted by molar-refractivity contribution is 0.00451. The molecule has 1 aliphatic carbocycles. The number of fused-ring (bicyclic) bond motifs is 2. The normalized spacial score (nSPS) is 35.2. The first-order chi connectivity index (χ1) is 7.89. The molecule has 0 bridgehead atoms. The summed E-state index contributed by atoms with van der Waals surface area (Å²) >= 11 is 1.90. The molecule has 16 heavy (non-hydrogen) atoms. The van der Waals surface area contributed by atoms with Crippen LogP contribution in [0.5, 0.6) is 0 Å². The number of nitrogens with one attached hydrogen (secondary N) is 1. The first-order valence-electron chi connectivity index (χ1n) is 6.32. The Labute approximate surface area is 100 Å². The van der Waals surface area contributed by atoms with E-state index in [2.05, 4.69) is 16.8 Å². The fourth-order valence-corrected chi connectivity index (χ4v) is 4.34. The second-order valence-corrected chi connectivity index (χ2v) is 6.36. The average molecular weight is 235 g/mol. The van der Waals surface area contributed by atoms with Crippen molar-refractivity contribution in [2.24, 2.45) is 0 Å². The zero-order chi connectivity index (χ0) is 10.6. The van der Waals surface area contributed by atoms with E-state index in [1.54, 1.807) is 5.56 Å². The second-order valence-electron chi connectivity index (χ2n) is 5.41. The van der Waals surface area contributed by atoms with Crippen molar-refractivity contribution in [1.82, 2.24) is 5.32 Å². The predicted octanol–water partition coefficient (Wildman–Crippen LogP) is 2.60. The maximum atomic E-state index is 6.17. The van der Waals surface area contributed by atoms with E-state index in [0.717, 1.165) is 13.2 Å². The topological polar surface area (TPSA) is 21.3 Å². The SMILES string of the molecule is c1cc2c(s1)C(C1CCCN1)OCC21CC1. The summed E-state index contributed by atoms with van der Waals surface area (Å²) in [6.07, 6.45) is 5.58. The van der Waals surface area contributed by atoms with E-state index in [0.29, 0.717) is 17.6 Å². The molecule has 86 valence electrons. The quantitative estimate of drug-likeness (QED) is 0.808. The lowest BCUT2D eigenvalue weighted by Crippen LogP contribution is -2.36. The highest BCUT2D eigenvalue weighted by Gasteiger charge is 2.51. The summed E-state index contributed by atoms with van der Waals surface area (Å²) in [5, 5.41) is 5.84. The van der Waals surface area contributed by atoms with E-state index in [1.165, 1.54) is 30.6 Å². The molecule has 1 saturated carbocycles. The highest BCUT2D eigenvalue weighted by molar-refractivity contribution is 7.10. The molecular weight excluding hydrogens is 218 g/mol. The second kappa shape index (κ2) is 3.31. The molecule has 3 heteroatoms. The number of thiophene rings is 1. The Morgan fingerprint density at radius 3 is 3.12 bits per heavy atom. The molecule has 2 aliphatic heterocycles. The lowest BCUT2D eigenvalue weighted by Gasteiger charge is -2.33. The number of ether oxygens (including phenoxy) is 1. The summed E-state index contributed by atoms with van der Waals surface area (Å²) in [5.41, 5.74) is 2.05. The Morgan fingerprint density at radius 2 is 2.38 bits per heavy atom. The van der Waals surface area contributed by atoms with E-state index in [9.17, 15) is 0 Å². The fourth-order valence-electron chi connectivity index (χ4n) is 3.22. The highest BCUT2D eigenvalue weighted by atomic mass is 32.1. The van der Waals surface area contributed by atoms with Gasteiger partial charge < -0.3 is 10.1 Å². The van der Waals surface area contributed by atoms with Crippen LogP contribution in [0.15, 0.2) is 11.4 Å². The molecule has 4 rings (SSSR count). The van der Waals surface area contributed by atoms with Gasteiger partial charge in [-0.25, -0.2) is 0 Å². The predicted molar refractivity (Wildman–Crippen MR) is 64.9 cm³/mol. The number of hydrogen-bond acceptors (Lipinski definition) is 3. The van der Waals surface area contributed by atoms with Crippen molar-refractivity contribution < 1.29 is 4.74 Å². The fraction of sp³-hybridized carbons (Fsp3) is 0.692. The van der Waals surface area contributed by atoms with Crippen molar-refractivity contribution in [1.29, 1.82) is 0 Å². The molecule has 1 saturated heterocycles. The molecule has 0 amide bonds. The van der Waals surface area contributed by atoms with Crippen LogP contribution in [0.25, 0.3) is 0 Å². The molecular formula is C13H17NOS. The molecule has 1 N–H and O–H groups in total. The molecule has 0 radical (unpaired) electrons. The molecule has 2 nitrogen and oxygen atoms in total. The maximum absolute atomic E-state index is 6.17. The van der Waals surface area contributed by atoms with Crippen molar-refractivity contribution in [3.8, 4) is 0 Å². The summed E-state index contributed by atoms with van der Waals surface area (Å²) in [4.78, 5) is 1.52. The maximum Gasteiger partial charge on any atom is 0.107 e. The third-order valence-corrected chi connectivity index (χ3v) is 5.36. The van der Waals surface area contributed by atoms with Gasteiger partial charge in [-0.1, -0.05) is 0 Å². The summed E-state index contributed by atoms with van der Waals surface area (Å²) in [6.45, 7) is 2.12. The van der Waals surface area contributed by atoms with Gasteiger partial charge in [-0.3, -0.25) is 0 Å². The Balaban J connectivity index is 1.71. The van der Waals surface area contributed by atoms with E-state index >= 15 is 0 Å². The van der Waals surface area contributed by atoms with Gasteiger partial charge in [0.25, 0.3) is 0 Å².